The molecule has 216 valence electrons. The van der Waals surface area contributed by atoms with Gasteiger partial charge in [-0.3, -0.25) is 9.97 Å². The minimum atomic E-state index is 0.684. The molecule has 4 heteroatoms. The smallest absolute Gasteiger partial charge is 0.160 e. The van der Waals surface area contributed by atoms with Crippen LogP contribution in [0.3, 0.4) is 0 Å². The maximum Gasteiger partial charge on any atom is 0.160 e. The number of aromatic nitrogens is 4. The zero-order valence-corrected chi connectivity index (χ0v) is 25.0. The van der Waals surface area contributed by atoms with Crippen molar-refractivity contribution in [2.45, 2.75) is 0 Å². The lowest BCUT2D eigenvalue weighted by molar-refractivity contribution is 1.18. The third kappa shape index (κ3) is 5.56. The molecule has 0 spiro atoms. The summed E-state index contributed by atoms with van der Waals surface area (Å²) in [5.41, 5.74) is 11.5. The van der Waals surface area contributed by atoms with Crippen molar-refractivity contribution < 1.29 is 0 Å². The van der Waals surface area contributed by atoms with E-state index in [2.05, 4.69) is 125 Å². The molecule has 46 heavy (non-hydrogen) atoms. The van der Waals surface area contributed by atoms with Crippen molar-refractivity contribution in [3.05, 3.63) is 170 Å². The number of fused-ring (bicyclic) bond motifs is 1. The summed E-state index contributed by atoms with van der Waals surface area (Å²) in [6.07, 6.45) is 7.43. The quantitative estimate of drug-likeness (QED) is 0.194. The Hall–Kier alpha value is -6.26. The van der Waals surface area contributed by atoms with Gasteiger partial charge in [0.05, 0.1) is 11.4 Å². The lowest BCUT2D eigenvalue weighted by Gasteiger charge is -2.12. The number of nitrogens with zero attached hydrogens (tertiary/aromatic N) is 4. The Morgan fingerprint density at radius 3 is 1.61 bits per heavy atom. The molecule has 8 rings (SSSR count). The van der Waals surface area contributed by atoms with Gasteiger partial charge in [-0.1, -0.05) is 103 Å². The molecule has 0 aliphatic heterocycles. The zero-order valence-electron chi connectivity index (χ0n) is 25.0. The predicted octanol–water partition coefficient (Wildman–Crippen LogP) is 10.4. The first-order chi connectivity index (χ1) is 22.8. The van der Waals surface area contributed by atoms with Gasteiger partial charge >= 0.3 is 0 Å². The molecule has 8 aromatic rings. The minimum absolute atomic E-state index is 0.684. The van der Waals surface area contributed by atoms with Crippen LogP contribution in [0.2, 0.25) is 0 Å². The summed E-state index contributed by atoms with van der Waals surface area (Å²) in [4.78, 5) is 18.9. The molecule has 3 aromatic heterocycles. The molecule has 0 unspecified atom stereocenters. The van der Waals surface area contributed by atoms with Crippen molar-refractivity contribution in [3.8, 4) is 67.3 Å². The molecule has 0 fully saturated rings. The number of hydrogen-bond acceptors (Lipinski definition) is 4. The lowest BCUT2D eigenvalue weighted by Crippen LogP contribution is -1.96. The molecule has 5 aromatic carbocycles. The molecule has 0 radical (unpaired) electrons. The molecule has 0 saturated carbocycles. The molecule has 4 nitrogen and oxygen atoms in total. The van der Waals surface area contributed by atoms with E-state index in [9.17, 15) is 0 Å². The lowest BCUT2D eigenvalue weighted by atomic mass is 9.98. The molecule has 0 aliphatic rings. The second kappa shape index (κ2) is 12.0. The highest BCUT2D eigenvalue weighted by Gasteiger charge is 2.13. The van der Waals surface area contributed by atoms with Crippen molar-refractivity contribution >= 4 is 10.8 Å². The Bertz CT molecular complexity index is 2310. The summed E-state index contributed by atoms with van der Waals surface area (Å²) in [6, 6.07) is 50.6. The van der Waals surface area contributed by atoms with Gasteiger partial charge in [-0.2, -0.15) is 0 Å². The largest absolute Gasteiger partial charge is 0.264 e. The Morgan fingerprint density at radius 2 is 0.870 bits per heavy atom. The van der Waals surface area contributed by atoms with E-state index in [1.807, 2.05) is 48.9 Å². The van der Waals surface area contributed by atoms with Crippen LogP contribution in [0.5, 0.6) is 0 Å². The van der Waals surface area contributed by atoms with Crippen LogP contribution in [0.4, 0.5) is 0 Å². The fourth-order valence-corrected chi connectivity index (χ4v) is 5.85. The zero-order chi connectivity index (χ0) is 30.7. The second-order valence-corrected chi connectivity index (χ2v) is 11.2. The van der Waals surface area contributed by atoms with Gasteiger partial charge in [0, 0.05) is 52.4 Å². The number of hydrogen-bond donors (Lipinski definition) is 0. The van der Waals surface area contributed by atoms with E-state index in [1.165, 1.54) is 5.39 Å². The molecule has 0 atom stereocenters. The van der Waals surface area contributed by atoms with Crippen LogP contribution in [0, 0.1) is 0 Å². The first-order valence-electron chi connectivity index (χ1n) is 15.3. The summed E-state index contributed by atoms with van der Waals surface area (Å²) in [6.45, 7) is 0. The summed E-state index contributed by atoms with van der Waals surface area (Å²) in [5, 5.41) is 2.29. The summed E-state index contributed by atoms with van der Waals surface area (Å²) in [5.74, 6) is 0.684. The number of rotatable bonds is 6. The SMILES string of the molecule is c1ccc(-c2cc(-c3cccc(-c4ccc5ccncc5c4)c3)nc(-c3cccc(-c4cccc(-c5cccnc5)c4)c3)n2)cc1. The van der Waals surface area contributed by atoms with Gasteiger partial charge < -0.3 is 0 Å². The van der Waals surface area contributed by atoms with Crippen LogP contribution in [-0.2, 0) is 0 Å². The topological polar surface area (TPSA) is 51.6 Å². The Labute approximate surface area is 267 Å². The Morgan fingerprint density at radius 1 is 0.304 bits per heavy atom. The van der Waals surface area contributed by atoms with Crippen LogP contribution in [0.1, 0.15) is 0 Å². The average molecular weight is 589 g/mol. The van der Waals surface area contributed by atoms with E-state index in [4.69, 9.17) is 9.97 Å². The van der Waals surface area contributed by atoms with Gasteiger partial charge in [0.2, 0.25) is 0 Å². The fourth-order valence-electron chi connectivity index (χ4n) is 5.85. The van der Waals surface area contributed by atoms with Crippen molar-refractivity contribution in [1.82, 2.24) is 19.9 Å². The van der Waals surface area contributed by atoms with Crippen LogP contribution >= 0.6 is 0 Å². The third-order valence-corrected chi connectivity index (χ3v) is 8.24. The molecule has 0 amide bonds. The highest BCUT2D eigenvalue weighted by Crippen LogP contribution is 2.33. The van der Waals surface area contributed by atoms with Crippen LogP contribution in [0.25, 0.3) is 78.1 Å². The van der Waals surface area contributed by atoms with E-state index in [0.29, 0.717) is 5.82 Å². The van der Waals surface area contributed by atoms with E-state index >= 15 is 0 Å². The van der Waals surface area contributed by atoms with Gasteiger partial charge in [0.15, 0.2) is 5.82 Å². The molecule has 0 N–H and O–H groups in total. The second-order valence-electron chi connectivity index (χ2n) is 11.2. The van der Waals surface area contributed by atoms with Crippen molar-refractivity contribution in [2.24, 2.45) is 0 Å². The first kappa shape index (κ1) is 27.3. The van der Waals surface area contributed by atoms with Crippen LogP contribution < -0.4 is 0 Å². The predicted molar refractivity (Wildman–Crippen MR) is 188 cm³/mol. The van der Waals surface area contributed by atoms with E-state index in [0.717, 1.165) is 66.8 Å². The summed E-state index contributed by atoms with van der Waals surface area (Å²) >= 11 is 0. The van der Waals surface area contributed by atoms with Gasteiger partial charge in [-0.25, -0.2) is 9.97 Å². The maximum atomic E-state index is 5.15. The van der Waals surface area contributed by atoms with Crippen LogP contribution in [0.15, 0.2) is 170 Å². The molecule has 3 heterocycles. The summed E-state index contributed by atoms with van der Waals surface area (Å²) < 4.78 is 0. The van der Waals surface area contributed by atoms with Gasteiger partial charge in [-0.15, -0.1) is 0 Å². The molecular formula is C42H28N4. The van der Waals surface area contributed by atoms with E-state index in [1.54, 1.807) is 6.20 Å². The Kier molecular flexibility index (Phi) is 7.14. The average Bonchev–Trinajstić information content (AvgIpc) is 3.15. The molecular weight excluding hydrogens is 560 g/mol. The molecule has 0 aliphatic carbocycles. The third-order valence-electron chi connectivity index (χ3n) is 8.24. The van der Waals surface area contributed by atoms with Gasteiger partial charge in [0.25, 0.3) is 0 Å². The normalized spacial score (nSPS) is 11.0. The van der Waals surface area contributed by atoms with Gasteiger partial charge in [0.1, 0.15) is 0 Å². The Balaban J connectivity index is 1.22. The van der Waals surface area contributed by atoms with Gasteiger partial charge in [-0.05, 0) is 75.7 Å². The molecule has 0 saturated heterocycles. The highest BCUT2D eigenvalue weighted by atomic mass is 14.9. The number of benzene rings is 5. The summed E-state index contributed by atoms with van der Waals surface area (Å²) in [7, 11) is 0. The van der Waals surface area contributed by atoms with Crippen LogP contribution in [-0.4, -0.2) is 19.9 Å². The van der Waals surface area contributed by atoms with Crippen molar-refractivity contribution in [1.29, 1.82) is 0 Å². The fraction of sp³-hybridized carbons (Fsp3) is 0. The van der Waals surface area contributed by atoms with Crippen molar-refractivity contribution in [2.75, 3.05) is 0 Å². The minimum Gasteiger partial charge on any atom is -0.264 e. The standard InChI is InChI=1S/C42H28N4/c1-2-8-30(9-3-1)40-26-41(36-14-5-11-32(23-36)35-18-17-29-19-21-44-28-39(29)25-35)46-42(45-40)37-15-6-12-33(24-37)31-10-4-13-34(22-31)38-16-7-20-43-27-38/h1-28H. The highest BCUT2D eigenvalue weighted by molar-refractivity contribution is 5.87. The van der Waals surface area contributed by atoms with Crippen molar-refractivity contribution in [3.63, 3.8) is 0 Å². The molecule has 0 bridgehead atoms. The monoisotopic (exact) mass is 588 g/mol. The maximum absolute atomic E-state index is 5.15. The number of pyridine rings is 2. The van der Waals surface area contributed by atoms with E-state index in [-0.39, 0.29) is 0 Å². The van der Waals surface area contributed by atoms with E-state index < -0.39 is 0 Å². The first-order valence-corrected chi connectivity index (χ1v) is 15.3.